The summed E-state index contributed by atoms with van der Waals surface area (Å²) in [6.45, 7) is 4.26. The zero-order valence-electron chi connectivity index (χ0n) is 21.0. The molecule has 2 saturated heterocycles. The second kappa shape index (κ2) is 10.6. The largest absolute Gasteiger partial charge is 0.493 e. The van der Waals surface area contributed by atoms with Gasteiger partial charge in [0.25, 0.3) is 11.8 Å². The number of aliphatic hydroxyl groups excluding tert-OH is 1. The molecular formula is C28H35N3O5. The Balaban J connectivity index is 1.28. The summed E-state index contributed by atoms with van der Waals surface area (Å²) in [4.78, 5) is 30.1. The molecule has 3 aliphatic rings. The van der Waals surface area contributed by atoms with E-state index in [-0.39, 0.29) is 36.5 Å². The van der Waals surface area contributed by atoms with Gasteiger partial charge in [-0.25, -0.2) is 0 Å². The SMILES string of the molecule is CCOc1cc(C(=O)N2C3CCC2COC3)ccc1C(=O)N(C)CC(O)[C@@H]1Cc2ccccc2CN1. The molecule has 0 spiro atoms. The molecule has 2 aromatic rings. The Bertz CT molecular complexity index is 1110. The van der Waals surface area contributed by atoms with Gasteiger partial charge in [0.15, 0.2) is 0 Å². The number of benzene rings is 2. The molecule has 2 fully saturated rings. The summed E-state index contributed by atoms with van der Waals surface area (Å²) in [7, 11) is 1.68. The second-order valence-corrected chi connectivity index (χ2v) is 9.99. The van der Waals surface area contributed by atoms with Gasteiger partial charge in [0, 0.05) is 31.7 Å². The monoisotopic (exact) mass is 493 g/mol. The third kappa shape index (κ3) is 4.85. The lowest BCUT2D eigenvalue weighted by Gasteiger charge is -2.35. The molecule has 0 saturated carbocycles. The molecule has 8 nitrogen and oxygen atoms in total. The highest BCUT2D eigenvalue weighted by Crippen LogP contribution is 2.32. The number of nitrogens with one attached hydrogen (secondary N) is 1. The van der Waals surface area contributed by atoms with E-state index in [4.69, 9.17) is 9.47 Å². The number of nitrogens with zero attached hydrogens (tertiary/aromatic N) is 2. The summed E-state index contributed by atoms with van der Waals surface area (Å²) in [6.07, 6.45) is 1.91. The minimum Gasteiger partial charge on any atom is -0.493 e. The average Bonchev–Trinajstić information content (AvgIpc) is 3.15. The van der Waals surface area contributed by atoms with Gasteiger partial charge in [-0.3, -0.25) is 9.59 Å². The maximum Gasteiger partial charge on any atom is 0.257 e. The molecule has 0 aliphatic carbocycles. The van der Waals surface area contributed by atoms with Crippen LogP contribution in [-0.4, -0.2) is 84.4 Å². The fourth-order valence-electron chi connectivity index (χ4n) is 5.66. The van der Waals surface area contributed by atoms with Gasteiger partial charge in [-0.1, -0.05) is 24.3 Å². The molecule has 0 aromatic heterocycles. The molecule has 2 aromatic carbocycles. The zero-order chi connectivity index (χ0) is 25.2. The molecule has 2 bridgehead atoms. The Morgan fingerprint density at radius 1 is 1.17 bits per heavy atom. The number of hydrogen-bond acceptors (Lipinski definition) is 6. The van der Waals surface area contributed by atoms with Gasteiger partial charge in [-0.05, 0) is 55.5 Å². The van der Waals surface area contributed by atoms with E-state index in [2.05, 4.69) is 17.4 Å². The van der Waals surface area contributed by atoms with Gasteiger partial charge in [0.2, 0.25) is 0 Å². The molecule has 3 unspecified atom stereocenters. The highest BCUT2D eigenvalue weighted by Gasteiger charge is 2.41. The molecule has 8 heteroatoms. The van der Waals surface area contributed by atoms with E-state index in [1.54, 1.807) is 25.2 Å². The second-order valence-electron chi connectivity index (χ2n) is 9.99. The van der Waals surface area contributed by atoms with Crippen LogP contribution in [0.3, 0.4) is 0 Å². The lowest BCUT2D eigenvalue weighted by molar-refractivity contribution is -0.00717. The van der Waals surface area contributed by atoms with Crippen LogP contribution in [0, 0.1) is 0 Å². The first-order valence-corrected chi connectivity index (χ1v) is 12.9. The normalized spacial score (nSPS) is 23.6. The third-order valence-corrected chi connectivity index (χ3v) is 7.62. The smallest absolute Gasteiger partial charge is 0.257 e. The lowest BCUT2D eigenvalue weighted by atomic mass is 9.93. The summed E-state index contributed by atoms with van der Waals surface area (Å²) in [5.41, 5.74) is 3.37. The van der Waals surface area contributed by atoms with Crippen molar-refractivity contribution >= 4 is 11.8 Å². The van der Waals surface area contributed by atoms with E-state index in [9.17, 15) is 14.7 Å². The van der Waals surface area contributed by atoms with Crippen molar-refractivity contribution in [2.45, 2.75) is 57.0 Å². The fraction of sp³-hybridized carbons (Fsp3) is 0.500. The van der Waals surface area contributed by atoms with Crippen LogP contribution in [0.5, 0.6) is 5.75 Å². The summed E-state index contributed by atoms with van der Waals surface area (Å²) in [6, 6.07) is 13.3. The summed E-state index contributed by atoms with van der Waals surface area (Å²) in [5.74, 6) is 0.0948. The van der Waals surface area contributed by atoms with E-state index in [0.717, 1.165) is 12.8 Å². The minimum absolute atomic E-state index is 0.0433. The van der Waals surface area contributed by atoms with Crippen molar-refractivity contribution in [1.82, 2.24) is 15.1 Å². The molecule has 3 heterocycles. The van der Waals surface area contributed by atoms with Crippen LogP contribution >= 0.6 is 0 Å². The standard InChI is InChI=1S/C28H35N3O5/c1-3-36-26-13-19(27(33)31-21-9-10-22(31)17-35-16-21)8-11-23(26)28(34)30(2)15-25(32)24-12-18-6-4-5-7-20(18)14-29-24/h4-8,11,13,21-22,24-25,29,32H,3,9-10,12,14-17H2,1-2H3/t21?,22?,24-,25?/m0/s1. The predicted octanol–water partition coefficient (Wildman–Crippen LogP) is 2.24. The number of carbonyl (C=O) groups is 2. The first-order chi connectivity index (χ1) is 17.5. The quantitative estimate of drug-likeness (QED) is 0.615. The van der Waals surface area contributed by atoms with Crippen molar-refractivity contribution in [3.8, 4) is 5.75 Å². The van der Waals surface area contributed by atoms with Crippen LogP contribution in [0.1, 0.15) is 51.6 Å². The van der Waals surface area contributed by atoms with Gasteiger partial charge in [0.05, 0.1) is 43.6 Å². The Morgan fingerprint density at radius 2 is 1.89 bits per heavy atom. The Kier molecular flexibility index (Phi) is 7.27. The molecule has 5 rings (SSSR count). The average molecular weight is 494 g/mol. The summed E-state index contributed by atoms with van der Waals surface area (Å²) >= 11 is 0. The summed E-state index contributed by atoms with van der Waals surface area (Å²) in [5, 5.41) is 14.3. The van der Waals surface area contributed by atoms with E-state index in [1.807, 2.05) is 24.0 Å². The molecule has 2 N–H and O–H groups in total. The molecule has 3 aliphatic heterocycles. The molecule has 2 amide bonds. The number of likely N-dealkylation sites (N-methyl/N-ethyl adjacent to an activating group) is 1. The number of rotatable bonds is 7. The Labute approximate surface area is 212 Å². The molecule has 192 valence electrons. The number of ether oxygens (including phenoxy) is 2. The Hall–Kier alpha value is -2.94. The van der Waals surface area contributed by atoms with Gasteiger partial charge in [-0.15, -0.1) is 0 Å². The van der Waals surface area contributed by atoms with Gasteiger partial charge in [-0.2, -0.15) is 0 Å². The third-order valence-electron chi connectivity index (χ3n) is 7.62. The van der Waals surface area contributed by atoms with Crippen molar-refractivity contribution in [2.75, 3.05) is 33.4 Å². The topological polar surface area (TPSA) is 91.3 Å². The zero-order valence-corrected chi connectivity index (χ0v) is 21.0. The van der Waals surface area contributed by atoms with Crippen molar-refractivity contribution in [1.29, 1.82) is 0 Å². The first kappa shape index (κ1) is 24.7. The number of hydrogen-bond donors (Lipinski definition) is 2. The highest BCUT2D eigenvalue weighted by molar-refractivity contribution is 6.00. The highest BCUT2D eigenvalue weighted by atomic mass is 16.5. The van der Waals surface area contributed by atoms with Gasteiger partial charge >= 0.3 is 0 Å². The van der Waals surface area contributed by atoms with Crippen molar-refractivity contribution in [3.63, 3.8) is 0 Å². The molecular weight excluding hydrogens is 458 g/mol. The molecule has 36 heavy (non-hydrogen) atoms. The van der Waals surface area contributed by atoms with E-state index >= 15 is 0 Å². The number of carbonyl (C=O) groups excluding carboxylic acids is 2. The Morgan fingerprint density at radius 3 is 2.61 bits per heavy atom. The fourth-order valence-corrected chi connectivity index (χ4v) is 5.66. The first-order valence-electron chi connectivity index (χ1n) is 12.9. The maximum absolute atomic E-state index is 13.4. The lowest BCUT2D eigenvalue weighted by Crippen LogP contribution is -2.49. The number of morpholine rings is 1. The van der Waals surface area contributed by atoms with Crippen molar-refractivity contribution in [2.24, 2.45) is 0 Å². The maximum atomic E-state index is 13.4. The van der Waals surface area contributed by atoms with Crippen LogP contribution in [0.2, 0.25) is 0 Å². The van der Waals surface area contributed by atoms with Gasteiger partial charge in [0.1, 0.15) is 5.75 Å². The van der Waals surface area contributed by atoms with Crippen molar-refractivity contribution in [3.05, 3.63) is 64.7 Å². The van der Waals surface area contributed by atoms with Crippen LogP contribution in [0.25, 0.3) is 0 Å². The van der Waals surface area contributed by atoms with Gasteiger partial charge < -0.3 is 29.7 Å². The van der Waals surface area contributed by atoms with Crippen LogP contribution < -0.4 is 10.1 Å². The van der Waals surface area contributed by atoms with E-state index in [1.165, 1.54) is 16.0 Å². The van der Waals surface area contributed by atoms with Crippen LogP contribution in [0.15, 0.2) is 42.5 Å². The van der Waals surface area contributed by atoms with E-state index in [0.29, 0.717) is 49.7 Å². The minimum atomic E-state index is -0.722. The molecule has 0 radical (unpaired) electrons. The number of fused-ring (bicyclic) bond motifs is 3. The van der Waals surface area contributed by atoms with E-state index < -0.39 is 6.10 Å². The number of amides is 2. The molecule has 4 atom stereocenters. The number of aliphatic hydroxyl groups is 1. The van der Waals surface area contributed by atoms with Crippen molar-refractivity contribution < 1.29 is 24.2 Å². The summed E-state index contributed by atoms with van der Waals surface area (Å²) < 4.78 is 11.4. The van der Waals surface area contributed by atoms with Crippen LogP contribution in [0.4, 0.5) is 0 Å². The predicted molar refractivity (Wildman–Crippen MR) is 135 cm³/mol. The van der Waals surface area contributed by atoms with Crippen LogP contribution in [-0.2, 0) is 17.7 Å².